The van der Waals surface area contributed by atoms with Gasteiger partial charge in [-0.2, -0.15) is 0 Å². The zero-order valence-corrected chi connectivity index (χ0v) is 13.4. The quantitative estimate of drug-likeness (QED) is 0.676. The van der Waals surface area contributed by atoms with Gasteiger partial charge < -0.3 is 21.3 Å². The van der Waals surface area contributed by atoms with E-state index in [4.69, 9.17) is 0 Å². The Morgan fingerprint density at radius 1 is 1.27 bits per heavy atom. The van der Waals surface area contributed by atoms with Crippen molar-refractivity contribution in [1.29, 1.82) is 0 Å². The maximum atomic E-state index is 12.0. The van der Waals surface area contributed by atoms with Crippen LogP contribution < -0.4 is 21.3 Å². The van der Waals surface area contributed by atoms with Crippen molar-refractivity contribution in [2.75, 3.05) is 18.4 Å². The minimum absolute atomic E-state index is 0. The number of rotatable bonds is 4. The van der Waals surface area contributed by atoms with Gasteiger partial charge in [0, 0.05) is 18.3 Å². The first-order valence-electron chi connectivity index (χ1n) is 7.29. The number of carbonyl (C=O) groups is 2. The molecule has 2 atom stereocenters. The lowest BCUT2D eigenvalue weighted by molar-refractivity contribution is -0.123. The van der Waals surface area contributed by atoms with Crippen LogP contribution in [0.15, 0.2) is 30.3 Å². The molecule has 2 rings (SSSR count). The zero-order chi connectivity index (χ0) is 15.1. The zero-order valence-electron chi connectivity index (χ0n) is 12.6. The van der Waals surface area contributed by atoms with Gasteiger partial charge in [-0.3, -0.25) is 4.79 Å². The van der Waals surface area contributed by atoms with Crippen LogP contribution in [0.2, 0.25) is 0 Å². The van der Waals surface area contributed by atoms with E-state index in [1.807, 2.05) is 18.2 Å². The van der Waals surface area contributed by atoms with E-state index < -0.39 is 6.04 Å². The summed E-state index contributed by atoms with van der Waals surface area (Å²) in [5.74, 6) is -0.160. The number of hydrogen-bond acceptors (Lipinski definition) is 3. The highest BCUT2D eigenvalue weighted by atomic mass is 35.5. The lowest BCUT2D eigenvalue weighted by Gasteiger charge is -2.25. The number of halogens is 1. The summed E-state index contributed by atoms with van der Waals surface area (Å²) in [6, 6.07) is 8.31. The van der Waals surface area contributed by atoms with Crippen molar-refractivity contribution in [2.45, 2.75) is 31.8 Å². The van der Waals surface area contributed by atoms with E-state index in [0.29, 0.717) is 5.69 Å². The van der Waals surface area contributed by atoms with E-state index in [1.54, 1.807) is 19.1 Å². The standard InChI is InChI=1S/C15H22N4O2.ClH/c1-11(14(20)18-13-8-5-9-16-10-13)17-15(21)19-12-6-3-2-4-7-12;/h2-4,6-7,11,13,16H,5,8-10H2,1H3,(H,18,20)(H2,17,19,21);1H. The second kappa shape index (κ2) is 9.27. The third-order valence-corrected chi connectivity index (χ3v) is 3.42. The summed E-state index contributed by atoms with van der Waals surface area (Å²) in [5, 5.41) is 11.5. The predicted octanol–water partition coefficient (Wildman–Crippen LogP) is 1.49. The van der Waals surface area contributed by atoms with Gasteiger partial charge in [-0.05, 0) is 38.4 Å². The largest absolute Gasteiger partial charge is 0.350 e. The lowest BCUT2D eigenvalue weighted by Crippen LogP contribution is -2.52. The first-order valence-corrected chi connectivity index (χ1v) is 7.29. The molecule has 3 amide bonds. The van der Waals surface area contributed by atoms with Crippen molar-refractivity contribution in [3.63, 3.8) is 0 Å². The third-order valence-electron chi connectivity index (χ3n) is 3.42. The van der Waals surface area contributed by atoms with E-state index >= 15 is 0 Å². The van der Waals surface area contributed by atoms with Crippen LogP contribution in [0.1, 0.15) is 19.8 Å². The predicted molar refractivity (Wildman–Crippen MR) is 89.3 cm³/mol. The van der Waals surface area contributed by atoms with E-state index in [1.165, 1.54) is 0 Å². The molecule has 2 unspecified atom stereocenters. The van der Waals surface area contributed by atoms with Crippen molar-refractivity contribution < 1.29 is 9.59 Å². The fourth-order valence-corrected chi connectivity index (χ4v) is 2.25. The number of urea groups is 1. The number of anilines is 1. The van der Waals surface area contributed by atoms with Gasteiger partial charge in [-0.15, -0.1) is 12.4 Å². The molecule has 1 aromatic rings. The van der Waals surface area contributed by atoms with E-state index in [2.05, 4.69) is 21.3 Å². The molecule has 1 saturated heterocycles. The van der Waals surface area contributed by atoms with Crippen LogP contribution >= 0.6 is 12.4 Å². The monoisotopic (exact) mass is 326 g/mol. The van der Waals surface area contributed by atoms with Crippen molar-refractivity contribution >= 4 is 30.0 Å². The summed E-state index contributed by atoms with van der Waals surface area (Å²) in [7, 11) is 0. The summed E-state index contributed by atoms with van der Waals surface area (Å²) in [4.78, 5) is 23.8. The highest BCUT2D eigenvalue weighted by molar-refractivity contribution is 5.93. The number of amides is 3. The second-order valence-electron chi connectivity index (χ2n) is 5.24. The fourth-order valence-electron chi connectivity index (χ4n) is 2.25. The van der Waals surface area contributed by atoms with Gasteiger partial charge in [0.15, 0.2) is 0 Å². The molecular weight excluding hydrogens is 304 g/mol. The molecule has 0 spiro atoms. The maximum absolute atomic E-state index is 12.0. The van der Waals surface area contributed by atoms with E-state index in [0.717, 1.165) is 25.9 Å². The maximum Gasteiger partial charge on any atom is 0.319 e. The Bertz CT molecular complexity index is 478. The van der Waals surface area contributed by atoms with Crippen molar-refractivity contribution in [2.24, 2.45) is 0 Å². The number of nitrogens with one attached hydrogen (secondary N) is 4. The van der Waals surface area contributed by atoms with Crippen LogP contribution in [0.3, 0.4) is 0 Å². The summed E-state index contributed by atoms with van der Waals surface area (Å²) < 4.78 is 0. The number of benzene rings is 1. The molecule has 0 aliphatic carbocycles. The number of piperidine rings is 1. The molecule has 0 radical (unpaired) electrons. The molecule has 0 saturated carbocycles. The molecule has 6 nitrogen and oxygen atoms in total. The normalized spacial score (nSPS) is 18.5. The smallest absolute Gasteiger partial charge is 0.319 e. The van der Waals surface area contributed by atoms with Crippen LogP contribution in [0.5, 0.6) is 0 Å². The highest BCUT2D eigenvalue weighted by Gasteiger charge is 2.20. The first kappa shape index (κ1) is 18.3. The summed E-state index contributed by atoms with van der Waals surface area (Å²) >= 11 is 0. The van der Waals surface area contributed by atoms with Crippen LogP contribution in [-0.4, -0.2) is 37.1 Å². The number of para-hydroxylation sites is 1. The van der Waals surface area contributed by atoms with Crippen molar-refractivity contribution in [3.8, 4) is 0 Å². The first-order chi connectivity index (χ1) is 10.1. The molecule has 22 heavy (non-hydrogen) atoms. The summed E-state index contributed by atoms with van der Waals surface area (Å²) in [6.07, 6.45) is 2.03. The SMILES string of the molecule is CC(NC(=O)Nc1ccccc1)C(=O)NC1CCCNC1.Cl. The average Bonchev–Trinajstić information content (AvgIpc) is 2.49. The molecule has 1 aromatic carbocycles. The third kappa shape index (κ3) is 5.91. The van der Waals surface area contributed by atoms with E-state index in [9.17, 15) is 9.59 Å². The minimum Gasteiger partial charge on any atom is -0.350 e. The van der Waals surface area contributed by atoms with Gasteiger partial charge in [0.25, 0.3) is 0 Å². The Hall–Kier alpha value is -1.79. The Morgan fingerprint density at radius 2 is 2.00 bits per heavy atom. The molecule has 1 aliphatic heterocycles. The topological polar surface area (TPSA) is 82.3 Å². The molecular formula is C15H23ClN4O2. The fraction of sp³-hybridized carbons (Fsp3) is 0.467. The van der Waals surface area contributed by atoms with Crippen LogP contribution in [-0.2, 0) is 4.79 Å². The Labute approximate surface area is 136 Å². The summed E-state index contributed by atoms with van der Waals surface area (Å²) in [6.45, 7) is 3.46. The Balaban J connectivity index is 0.00000242. The number of carbonyl (C=O) groups excluding carboxylic acids is 2. The molecule has 1 heterocycles. The van der Waals surface area contributed by atoms with Crippen molar-refractivity contribution in [1.82, 2.24) is 16.0 Å². The molecule has 1 fully saturated rings. The Kier molecular flexibility index (Phi) is 7.70. The van der Waals surface area contributed by atoms with Gasteiger partial charge >= 0.3 is 6.03 Å². The van der Waals surface area contributed by atoms with Gasteiger partial charge in [0.1, 0.15) is 6.04 Å². The molecule has 0 aromatic heterocycles. The Morgan fingerprint density at radius 3 is 2.64 bits per heavy atom. The second-order valence-corrected chi connectivity index (χ2v) is 5.24. The van der Waals surface area contributed by atoms with Crippen LogP contribution in [0.25, 0.3) is 0 Å². The van der Waals surface area contributed by atoms with Crippen molar-refractivity contribution in [3.05, 3.63) is 30.3 Å². The number of hydrogen-bond donors (Lipinski definition) is 4. The van der Waals surface area contributed by atoms with Gasteiger partial charge in [-0.1, -0.05) is 18.2 Å². The highest BCUT2D eigenvalue weighted by Crippen LogP contribution is 2.05. The summed E-state index contributed by atoms with van der Waals surface area (Å²) in [5.41, 5.74) is 0.694. The molecule has 0 bridgehead atoms. The van der Waals surface area contributed by atoms with E-state index in [-0.39, 0.29) is 30.4 Å². The van der Waals surface area contributed by atoms with Gasteiger partial charge in [0.2, 0.25) is 5.91 Å². The molecule has 1 aliphatic rings. The minimum atomic E-state index is -0.573. The molecule has 4 N–H and O–H groups in total. The van der Waals surface area contributed by atoms with Crippen LogP contribution in [0.4, 0.5) is 10.5 Å². The average molecular weight is 327 g/mol. The van der Waals surface area contributed by atoms with Crippen LogP contribution in [0, 0.1) is 0 Å². The van der Waals surface area contributed by atoms with Gasteiger partial charge in [-0.25, -0.2) is 4.79 Å². The molecule has 122 valence electrons. The lowest BCUT2D eigenvalue weighted by atomic mass is 10.1. The van der Waals surface area contributed by atoms with Gasteiger partial charge in [0.05, 0.1) is 0 Å². The molecule has 7 heteroatoms.